The molecule has 26 heavy (non-hydrogen) atoms. The number of benzene rings is 2. The third-order valence-corrected chi connectivity index (χ3v) is 3.71. The van der Waals surface area contributed by atoms with Crippen LogP contribution in [-0.2, 0) is 9.53 Å². The number of halogens is 1. The van der Waals surface area contributed by atoms with Gasteiger partial charge >= 0.3 is 5.97 Å². The van der Waals surface area contributed by atoms with Gasteiger partial charge in [0.05, 0.1) is 37.6 Å². The van der Waals surface area contributed by atoms with Crippen molar-refractivity contribution in [3.63, 3.8) is 0 Å². The van der Waals surface area contributed by atoms with Gasteiger partial charge in [-0.3, -0.25) is 4.79 Å². The Hall–Kier alpha value is -2.93. The van der Waals surface area contributed by atoms with Crippen molar-refractivity contribution in [3.8, 4) is 17.2 Å². The molecule has 0 aliphatic heterocycles. The minimum absolute atomic E-state index is 0.157. The van der Waals surface area contributed by atoms with Crippen molar-refractivity contribution < 1.29 is 28.5 Å². The summed E-state index contributed by atoms with van der Waals surface area (Å²) in [6.45, 7) is -0.472. The van der Waals surface area contributed by atoms with Gasteiger partial charge in [0.15, 0.2) is 18.1 Å². The summed E-state index contributed by atoms with van der Waals surface area (Å²) in [7, 11) is 4.32. The molecule has 138 valence electrons. The normalized spacial score (nSPS) is 10.0. The SMILES string of the molecule is COc1cc(C(=O)OCC(=O)Nc2ccccc2Cl)cc(OC)c1OC. The molecule has 2 aromatic carbocycles. The van der Waals surface area contributed by atoms with Gasteiger partial charge in [-0.25, -0.2) is 4.79 Å². The molecule has 0 aromatic heterocycles. The second-order valence-corrected chi connectivity index (χ2v) is 5.43. The van der Waals surface area contributed by atoms with Gasteiger partial charge in [-0.15, -0.1) is 0 Å². The number of rotatable bonds is 7. The van der Waals surface area contributed by atoms with Crippen LogP contribution >= 0.6 is 11.6 Å². The lowest BCUT2D eigenvalue weighted by atomic mass is 10.2. The van der Waals surface area contributed by atoms with Crippen molar-refractivity contribution in [1.82, 2.24) is 0 Å². The van der Waals surface area contributed by atoms with Gasteiger partial charge in [0.1, 0.15) is 0 Å². The smallest absolute Gasteiger partial charge is 0.338 e. The summed E-state index contributed by atoms with van der Waals surface area (Å²) in [5, 5.41) is 2.95. The molecule has 0 spiro atoms. The van der Waals surface area contributed by atoms with Crippen LogP contribution in [0.3, 0.4) is 0 Å². The Morgan fingerprint density at radius 1 is 1.00 bits per heavy atom. The van der Waals surface area contributed by atoms with Crippen molar-refractivity contribution in [3.05, 3.63) is 47.0 Å². The van der Waals surface area contributed by atoms with E-state index >= 15 is 0 Å². The maximum Gasteiger partial charge on any atom is 0.338 e. The fraction of sp³-hybridized carbons (Fsp3) is 0.222. The highest BCUT2D eigenvalue weighted by Crippen LogP contribution is 2.38. The number of hydrogen-bond donors (Lipinski definition) is 1. The van der Waals surface area contributed by atoms with E-state index in [1.165, 1.54) is 33.5 Å². The molecule has 0 heterocycles. The Morgan fingerprint density at radius 2 is 1.62 bits per heavy atom. The Morgan fingerprint density at radius 3 is 2.15 bits per heavy atom. The number of hydrogen-bond acceptors (Lipinski definition) is 6. The first kappa shape index (κ1) is 19.4. The molecule has 0 atom stereocenters. The second kappa shape index (κ2) is 8.96. The van der Waals surface area contributed by atoms with Crippen LogP contribution in [0.15, 0.2) is 36.4 Å². The van der Waals surface area contributed by atoms with Crippen LogP contribution in [0.4, 0.5) is 5.69 Å². The van der Waals surface area contributed by atoms with E-state index in [1.807, 2.05) is 0 Å². The van der Waals surface area contributed by atoms with Crippen LogP contribution in [0.1, 0.15) is 10.4 Å². The zero-order chi connectivity index (χ0) is 19.1. The average molecular weight is 380 g/mol. The predicted molar refractivity (Wildman–Crippen MR) is 96.5 cm³/mol. The van der Waals surface area contributed by atoms with Gasteiger partial charge in [-0.2, -0.15) is 0 Å². The Labute approximate surface area is 155 Å². The molecule has 0 saturated carbocycles. The number of esters is 1. The fourth-order valence-corrected chi connectivity index (χ4v) is 2.35. The molecule has 0 aliphatic rings. The summed E-state index contributed by atoms with van der Waals surface area (Å²) in [6, 6.07) is 9.62. The summed E-state index contributed by atoms with van der Waals surface area (Å²) in [5.41, 5.74) is 0.591. The molecule has 2 rings (SSSR count). The topological polar surface area (TPSA) is 83.1 Å². The molecule has 7 nitrogen and oxygen atoms in total. The summed E-state index contributed by atoms with van der Waals surface area (Å²) in [5.74, 6) is -0.265. The zero-order valence-corrected chi connectivity index (χ0v) is 15.3. The highest BCUT2D eigenvalue weighted by atomic mass is 35.5. The maximum atomic E-state index is 12.2. The quantitative estimate of drug-likeness (QED) is 0.744. The van der Waals surface area contributed by atoms with Crippen molar-refractivity contribution in [2.75, 3.05) is 33.3 Å². The maximum absolute atomic E-state index is 12.2. The number of carbonyl (C=O) groups excluding carboxylic acids is 2. The van der Waals surface area contributed by atoms with E-state index in [-0.39, 0.29) is 5.56 Å². The fourth-order valence-electron chi connectivity index (χ4n) is 2.16. The predicted octanol–water partition coefficient (Wildman–Crippen LogP) is 3.16. The zero-order valence-electron chi connectivity index (χ0n) is 14.5. The molecule has 0 aliphatic carbocycles. The highest BCUT2D eigenvalue weighted by Gasteiger charge is 2.18. The van der Waals surface area contributed by atoms with Crippen LogP contribution < -0.4 is 19.5 Å². The van der Waals surface area contributed by atoms with E-state index in [1.54, 1.807) is 24.3 Å². The third-order valence-electron chi connectivity index (χ3n) is 3.38. The lowest BCUT2D eigenvalue weighted by Crippen LogP contribution is -2.21. The van der Waals surface area contributed by atoms with Crippen LogP contribution in [-0.4, -0.2) is 39.8 Å². The molecule has 1 N–H and O–H groups in total. The van der Waals surface area contributed by atoms with E-state index in [0.29, 0.717) is 28.0 Å². The molecule has 0 bridgehead atoms. The van der Waals surface area contributed by atoms with Gasteiger partial charge in [-0.05, 0) is 24.3 Å². The molecule has 0 saturated heterocycles. The van der Waals surface area contributed by atoms with Crippen molar-refractivity contribution in [2.24, 2.45) is 0 Å². The summed E-state index contributed by atoms with van der Waals surface area (Å²) >= 11 is 5.96. The number of methoxy groups -OCH3 is 3. The van der Waals surface area contributed by atoms with E-state index in [2.05, 4.69) is 5.32 Å². The summed E-state index contributed by atoms with van der Waals surface area (Å²) < 4.78 is 20.6. The van der Waals surface area contributed by atoms with E-state index < -0.39 is 18.5 Å². The van der Waals surface area contributed by atoms with E-state index in [0.717, 1.165) is 0 Å². The van der Waals surface area contributed by atoms with E-state index in [4.69, 9.17) is 30.5 Å². The Bertz CT molecular complexity index is 783. The number of ether oxygens (including phenoxy) is 4. The number of anilines is 1. The minimum atomic E-state index is -0.710. The molecule has 0 radical (unpaired) electrons. The molecule has 2 aromatic rings. The lowest BCUT2D eigenvalue weighted by Gasteiger charge is -2.13. The number of para-hydroxylation sites is 1. The third kappa shape index (κ3) is 4.58. The van der Waals surface area contributed by atoms with Crippen molar-refractivity contribution in [2.45, 2.75) is 0 Å². The largest absolute Gasteiger partial charge is 0.493 e. The monoisotopic (exact) mass is 379 g/mol. The van der Waals surface area contributed by atoms with Gasteiger partial charge in [0.2, 0.25) is 5.75 Å². The minimum Gasteiger partial charge on any atom is -0.493 e. The first-order valence-corrected chi connectivity index (χ1v) is 7.89. The number of carbonyl (C=O) groups is 2. The molecular formula is C18H18ClNO6. The Balaban J connectivity index is 2.05. The number of nitrogens with one attached hydrogen (secondary N) is 1. The molecule has 0 unspecified atom stereocenters. The second-order valence-electron chi connectivity index (χ2n) is 5.02. The summed E-state index contributed by atoms with van der Waals surface area (Å²) in [4.78, 5) is 24.2. The van der Waals surface area contributed by atoms with Crippen molar-refractivity contribution in [1.29, 1.82) is 0 Å². The number of amides is 1. The van der Waals surface area contributed by atoms with E-state index in [9.17, 15) is 9.59 Å². The average Bonchev–Trinajstić information content (AvgIpc) is 2.66. The van der Waals surface area contributed by atoms with Gasteiger partial charge < -0.3 is 24.3 Å². The Kier molecular flexibility index (Phi) is 6.68. The van der Waals surface area contributed by atoms with Crippen LogP contribution in [0.2, 0.25) is 5.02 Å². The summed E-state index contributed by atoms with van der Waals surface area (Å²) in [6.07, 6.45) is 0. The molecular weight excluding hydrogens is 362 g/mol. The first-order valence-electron chi connectivity index (χ1n) is 7.51. The molecule has 8 heteroatoms. The van der Waals surface area contributed by atoms with Crippen LogP contribution in [0, 0.1) is 0 Å². The molecule has 1 amide bonds. The van der Waals surface area contributed by atoms with Gasteiger partial charge in [0, 0.05) is 0 Å². The standard InChI is InChI=1S/C18H18ClNO6/c1-23-14-8-11(9-15(24-2)17(14)25-3)18(22)26-10-16(21)20-13-7-5-4-6-12(13)19/h4-9H,10H2,1-3H3,(H,20,21). The van der Waals surface area contributed by atoms with Crippen LogP contribution in [0.5, 0.6) is 17.2 Å². The van der Waals surface area contributed by atoms with Crippen molar-refractivity contribution >= 4 is 29.2 Å². The first-order chi connectivity index (χ1) is 12.5. The van der Waals surface area contributed by atoms with Gasteiger partial charge in [-0.1, -0.05) is 23.7 Å². The van der Waals surface area contributed by atoms with Gasteiger partial charge in [0.25, 0.3) is 5.91 Å². The highest BCUT2D eigenvalue weighted by molar-refractivity contribution is 6.33. The molecule has 0 fully saturated rings. The lowest BCUT2D eigenvalue weighted by molar-refractivity contribution is -0.119. The van der Waals surface area contributed by atoms with Crippen LogP contribution in [0.25, 0.3) is 0 Å².